The molecule has 2 aromatic carbocycles. The first kappa shape index (κ1) is 16.1. The number of rotatable bonds is 6. The quantitative estimate of drug-likeness (QED) is 0.666. The Kier molecular flexibility index (Phi) is 5.13. The Hall–Kier alpha value is -2.79. The molecule has 1 aromatic heterocycles. The molecular weight excluding hydrogens is 324 g/mol. The van der Waals surface area contributed by atoms with Crippen molar-refractivity contribution >= 4 is 23.4 Å². The number of hydrogen-bond donors (Lipinski definition) is 2. The van der Waals surface area contributed by atoms with Gasteiger partial charge in [0.15, 0.2) is 0 Å². The van der Waals surface area contributed by atoms with Crippen molar-refractivity contribution in [3.8, 4) is 5.75 Å². The largest absolute Gasteiger partial charge is 0.489 e. The highest BCUT2D eigenvalue weighted by Crippen LogP contribution is 2.17. The molecule has 24 heavy (non-hydrogen) atoms. The van der Waals surface area contributed by atoms with Gasteiger partial charge in [-0.1, -0.05) is 54.1 Å². The first-order valence-electron chi connectivity index (χ1n) is 7.49. The number of benzene rings is 2. The van der Waals surface area contributed by atoms with Crippen LogP contribution in [0, 0.1) is 0 Å². The third kappa shape index (κ3) is 4.36. The number of nitrogens with zero attached hydrogens (tertiary/aromatic N) is 2. The van der Waals surface area contributed by atoms with Crippen molar-refractivity contribution in [2.45, 2.75) is 13.2 Å². The van der Waals surface area contributed by atoms with Gasteiger partial charge in [-0.05, 0) is 23.3 Å². The summed E-state index contributed by atoms with van der Waals surface area (Å²) in [5.74, 6) is 1.58. The van der Waals surface area contributed by atoms with Gasteiger partial charge in [-0.3, -0.25) is 0 Å². The van der Waals surface area contributed by atoms with Gasteiger partial charge in [0.25, 0.3) is 0 Å². The first-order valence-corrected chi connectivity index (χ1v) is 7.87. The molecular formula is C18H17ClN4O. The smallest absolute Gasteiger partial charge is 0.223 e. The summed E-state index contributed by atoms with van der Waals surface area (Å²) in [4.78, 5) is 7.95. The summed E-state index contributed by atoms with van der Waals surface area (Å²) in [5.41, 5.74) is 7.82. The van der Waals surface area contributed by atoms with Crippen LogP contribution in [0.1, 0.15) is 11.1 Å². The molecule has 0 amide bonds. The van der Waals surface area contributed by atoms with E-state index in [0.29, 0.717) is 24.1 Å². The zero-order valence-corrected chi connectivity index (χ0v) is 13.7. The summed E-state index contributed by atoms with van der Waals surface area (Å²) in [5, 5.41) is 3.52. The number of anilines is 2. The van der Waals surface area contributed by atoms with Gasteiger partial charge >= 0.3 is 0 Å². The molecule has 3 rings (SSSR count). The SMILES string of the molecule is Nc1nc(Cl)cc(NCc2ccccc2COc2ccccc2)n1. The molecule has 0 aliphatic carbocycles. The monoisotopic (exact) mass is 340 g/mol. The average molecular weight is 341 g/mol. The summed E-state index contributed by atoms with van der Waals surface area (Å²) in [6, 6.07) is 19.4. The summed E-state index contributed by atoms with van der Waals surface area (Å²) in [7, 11) is 0. The van der Waals surface area contributed by atoms with Crippen LogP contribution in [0.5, 0.6) is 5.75 Å². The molecule has 3 N–H and O–H groups in total. The third-order valence-corrected chi connectivity index (χ3v) is 3.62. The predicted molar refractivity (Wildman–Crippen MR) is 96.0 cm³/mol. The van der Waals surface area contributed by atoms with Crippen LogP contribution in [-0.2, 0) is 13.2 Å². The highest BCUT2D eigenvalue weighted by molar-refractivity contribution is 6.29. The lowest BCUT2D eigenvalue weighted by Gasteiger charge is -2.12. The van der Waals surface area contributed by atoms with E-state index in [0.717, 1.165) is 16.9 Å². The highest BCUT2D eigenvalue weighted by Gasteiger charge is 2.05. The van der Waals surface area contributed by atoms with Crippen molar-refractivity contribution < 1.29 is 4.74 Å². The van der Waals surface area contributed by atoms with E-state index in [9.17, 15) is 0 Å². The van der Waals surface area contributed by atoms with Gasteiger partial charge in [-0.25, -0.2) is 4.98 Å². The molecule has 122 valence electrons. The van der Waals surface area contributed by atoms with Gasteiger partial charge < -0.3 is 15.8 Å². The number of para-hydroxylation sites is 1. The molecule has 0 unspecified atom stereocenters. The van der Waals surface area contributed by atoms with Crippen molar-refractivity contribution in [3.63, 3.8) is 0 Å². The van der Waals surface area contributed by atoms with Gasteiger partial charge in [0, 0.05) is 12.6 Å². The fourth-order valence-electron chi connectivity index (χ4n) is 2.26. The number of nitrogens with two attached hydrogens (primary N) is 1. The zero-order chi connectivity index (χ0) is 16.8. The molecule has 0 atom stereocenters. The summed E-state index contributed by atoms with van der Waals surface area (Å²) in [6.07, 6.45) is 0. The number of halogens is 1. The highest BCUT2D eigenvalue weighted by atomic mass is 35.5. The van der Waals surface area contributed by atoms with E-state index in [2.05, 4.69) is 15.3 Å². The molecule has 0 aliphatic heterocycles. The number of nitrogens with one attached hydrogen (secondary N) is 1. The molecule has 3 aromatic rings. The van der Waals surface area contributed by atoms with Crippen LogP contribution < -0.4 is 15.8 Å². The van der Waals surface area contributed by atoms with Crippen LogP contribution in [0.25, 0.3) is 0 Å². The molecule has 0 spiro atoms. The van der Waals surface area contributed by atoms with E-state index in [1.54, 1.807) is 6.07 Å². The van der Waals surface area contributed by atoms with Crippen molar-refractivity contribution in [3.05, 3.63) is 76.9 Å². The average Bonchev–Trinajstić information content (AvgIpc) is 2.59. The first-order chi connectivity index (χ1) is 11.7. The predicted octanol–water partition coefficient (Wildman–Crippen LogP) is 3.90. The maximum absolute atomic E-state index is 5.89. The molecule has 6 heteroatoms. The van der Waals surface area contributed by atoms with Gasteiger partial charge in [-0.2, -0.15) is 4.98 Å². The van der Waals surface area contributed by atoms with E-state index >= 15 is 0 Å². The second-order valence-electron chi connectivity index (χ2n) is 5.16. The molecule has 0 fully saturated rings. The van der Waals surface area contributed by atoms with Crippen LogP contribution >= 0.6 is 11.6 Å². The number of aromatic nitrogens is 2. The number of ether oxygens (including phenoxy) is 1. The second kappa shape index (κ2) is 7.66. The Labute approximate surface area is 145 Å². The minimum absolute atomic E-state index is 0.144. The molecule has 0 saturated carbocycles. The van der Waals surface area contributed by atoms with Crippen LogP contribution in [0.4, 0.5) is 11.8 Å². The summed E-state index contributed by atoms with van der Waals surface area (Å²) in [6.45, 7) is 1.08. The topological polar surface area (TPSA) is 73.1 Å². The van der Waals surface area contributed by atoms with E-state index < -0.39 is 0 Å². The van der Waals surface area contributed by atoms with E-state index in [-0.39, 0.29) is 5.95 Å². The lowest BCUT2D eigenvalue weighted by atomic mass is 10.1. The van der Waals surface area contributed by atoms with Crippen LogP contribution in [0.2, 0.25) is 5.15 Å². The maximum Gasteiger partial charge on any atom is 0.223 e. The lowest BCUT2D eigenvalue weighted by Crippen LogP contribution is -2.07. The Bertz CT molecular complexity index is 791. The molecule has 0 radical (unpaired) electrons. The minimum atomic E-state index is 0.144. The van der Waals surface area contributed by atoms with Crippen LogP contribution in [-0.4, -0.2) is 9.97 Å². The number of hydrogen-bond acceptors (Lipinski definition) is 5. The van der Waals surface area contributed by atoms with Crippen molar-refractivity contribution in [1.82, 2.24) is 9.97 Å². The maximum atomic E-state index is 5.89. The Morgan fingerprint density at radius 3 is 2.42 bits per heavy atom. The van der Waals surface area contributed by atoms with E-state index in [1.807, 2.05) is 54.6 Å². The Morgan fingerprint density at radius 1 is 0.958 bits per heavy atom. The summed E-state index contributed by atoms with van der Waals surface area (Å²) < 4.78 is 5.83. The van der Waals surface area contributed by atoms with Gasteiger partial charge in [-0.15, -0.1) is 0 Å². The van der Waals surface area contributed by atoms with Crippen molar-refractivity contribution in [2.75, 3.05) is 11.1 Å². The lowest BCUT2D eigenvalue weighted by molar-refractivity contribution is 0.305. The van der Waals surface area contributed by atoms with Crippen LogP contribution in [0.15, 0.2) is 60.7 Å². The van der Waals surface area contributed by atoms with E-state index in [1.165, 1.54) is 0 Å². The Morgan fingerprint density at radius 2 is 1.67 bits per heavy atom. The zero-order valence-electron chi connectivity index (χ0n) is 12.9. The molecule has 0 saturated heterocycles. The second-order valence-corrected chi connectivity index (χ2v) is 5.55. The third-order valence-electron chi connectivity index (χ3n) is 3.43. The van der Waals surface area contributed by atoms with Gasteiger partial charge in [0.1, 0.15) is 23.3 Å². The normalized spacial score (nSPS) is 10.4. The van der Waals surface area contributed by atoms with E-state index in [4.69, 9.17) is 22.1 Å². The van der Waals surface area contributed by atoms with Crippen LogP contribution in [0.3, 0.4) is 0 Å². The standard InChI is InChI=1S/C18H17ClN4O/c19-16-10-17(23-18(20)22-16)21-11-13-6-4-5-7-14(13)12-24-15-8-2-1-3-9-15/h1-10H,11-12H2,(H3,20,21,22,23). The molecule has 0 bridgehead atoms. The van der Waals surface area contributed by atoms with Crippen molar-refractivity contribution in [2.24, 2.45) is 0 Å². The minimum Gasteiger partial charge on any atom is -0.489 e. The fourth-order valence-corrected chi connectivity index (χ4v) is 2.45. The molecule has 1 heterocycles. The Balaban J connectivity index is 1.67. The molecule has 0 aliphatic rings. The van der Waals surface area contributed by atoms with Gasteiger partial charge in [0.05, 0.1) is 0 Å². The van der Waals surface area contributed by atoms with Gasteiger partial charge in [0.2, 0.25) is 5.95 Å². The van der Waals surface area contributed by atoms with Crippen molar-refractivity contribution in [1.29, 1.82) is 0 Å². The summed E-state index contributed by atoms with van der Waals surface area (Å²) >= 11 is 5.89. The fraction of sp³-hybridized carbons (Fsp3) is 0.111. The molecule has 5 nitrogen and oxygen atoms in total. The number of nitrogen functional groups attached to an aromatic ring is 1.